The standard InChI is InChI=1S/C21H18N4O/c26-20(23-11-15-5-2-1-3-6-15)10-18-14-25-21-19(18)9-17(13-24-21)16-7-4-8-22-12-16/h1-9,12-14H,10-11H2,(H,23,26)(H,24,25). The smallest absolute Gasteiger partial charge is 0.224 e. The van der Waals surface area contributed by atoms with Crippen molar-refractivity contribution in [1.82, 2.24) is 20.3 Å². The van der Waals surface area contributed by atoms with Crippen molar-refractivity contribution in [3.8, 4) is 11.1 Å². The van der Waals surface area contributed by atoms with Crippen LogP contribution in [0.25, 0.3) is 22.2 Å². The lowest BCUT2D eigenvalue weighted by atomic mass is 10.1. The molecule has 5 nitrogen and oxygen atoms in total. The molecule has 26 heavy (non-hydrogen) atoms. The monoisotopic (exact) mass is 342 g/mol. The van der Waals surface area contributed by atoms with Gasteiger partial charge in [-0.3, -0.25) is 9.78 Å². The summed E-state index contributed by atoms with van der Waals surface area (Å²) in [7, 11) is 0. The second-order valence-corrected chi connectivity index (χ2v) is 6.11. The molecular weight excluding hydrogens is 324 g/mol. The number of nitrogens with zero attached hydrogens (tertiary/aromatic N) is 2. The minimum atomic E-state index is -0.0125. The van der Waals surface area contributed by atoms with E-state index in [1.807, 2.05) is 61.1 Å². The highest BCUT2D eigenvalue weighted by atomic mass is 16.1. The van der Waals surface area contributed by atoms with Crippen molar-refractivity contribution < 1.29 is 4.79 Å². The summed E-state index contributed by atoms with van der Waals surface area (Å²) >= 11 is 0. The summed E-state index contributed by atoms with van der Waals surface area (Å²) < 4.78 is 0. The van der Waals surface area contributed by atoms with E-state index in [4.69, 9.17) is 0 Å². The number of carbonyl (C=O) groups excluding carboxylic acids is 1. The predicted molar refractivity (Wildman–Crippen MR) is 101 cm³/mol. The molecule has 128 valence electrons. The van der Waals surface area contributed by atoms with Crippen LogP contribution in [0.4, 0.5) is 0 Å². The fraction of sp³-hybridized carbons (Fsp3) is 0.0952. The largest absolute Gasteiger partial charge is 0.352 e. The molecule has 2 N–H and O–H groups in total. The summed E-state index contributed by atoms with van der Waals surface area (Å²) in [5, 5.41) is 3.92. The number of pyridine rings is 2. The molecule has 0 aliphatic heterocycles. The second kappa shape index (κ2) is 7.19. The van der Waals surface area contributed by atoms with E-state index in [0.717, 1.165) is 33.3 Å². The zero-order valence-electron chi connectivity index (χ0n) is 14.1. The molecule has 5 heteroatoms. The molecule has 0 saturated heterocycles. The van der Waals surface area contributed by atoms with Crippen LogP contribution in [0, 0.1) is 0 Å². The van der Waals surface area contributed by atoms with Crippen LogP contribution in [0.2, 0.25) is 0 Å². The van der Waals surface area contributed by atoms with Crippen LogP contribution in [0.3, 0.4) is 0 Å². The van der Waals surface area contributed by atoms with Gasteiger partial charge in [0.1, 0.15) is 5.65 Å². The molecule has 0 fully saturated rings. The van der Waals surface area contributed by atoms with Crippen LogP contribution >= 0.6 is 0 Å². The van der Waals surface area contributed by atoms with Gasteiger partial charge in [-0.05, 0) is 23.3 Å². The Balaban J connectivity index is 1.52. The first-order chi connectivity index (χ1) is 12.8. The van der Waals surface area contributed by atoms with Crippen LogP contribution in [0.5, 0.6) is 0 Å². The molecule has 3 aromatic heterocycles. The van der Waals surface area contributed by atoms with Gasteiger partial charge in [0.2, 0.25) is 5.91 Å². The minimum absolute atomic E-state index is 0.0125. The van der Waals surface area contributed by atoms with Crippen LogP contribution in [0.15, 0.2) is 73.3 Å². The van der Waals surface area contributed by atoms with Crippen molar-refractivity contribution in [3.05, 3.63) is 84.4 Å². The second-order valence-electron chi connectivity index (χ2n) is 6.11. The molecule has 0 spiro atoms. The van der Waals surface area contributed by atoms with Gasteiger partial charge in [0.05, 0.1) is 6.42 Å². The predicted octanol–water partition coefficient (Wildman–Crippen LogP) is 3.48. The van der Waals surface area contributed by atoms with Gasteiger partial charge in [0.25, 0.3) is 0 Å². The Morgan fingerprint density at radius 1 is 1.04 bits per heavy atom. The van der Waals surface area contributed by atoms with E-state index in [2.05, 4.69) is 26.3 Å². The Morgan fingerprint density at radius 3 is 2.73 bits per heavy atom. The van der Waals surface area contributed by atoms with Crippen LogP contribution < -0.4 is 5.32 Å². The first kappa shape index (κ1) is 16.0. The van der Waals surface area contributed by atoms with Crippen molar-refractivity contribution in [1.29, 1.82) is 0 Å². The lowest BCUT2D eigenvalue weighted by Crippen LogP contribution is -2.24. The Hall–Kier alpha value is -3.47. The molecule has 1 aromatic carbocycles. The molecule has 0 bridgehead atoms. The third-order valence-electron chi connectivity index (χ3n) is 4.30. The fourth-order valence-electron chi connectivity index (χ4n) is 2.93. The van der Waals surface area contributed by atoms with Gasteiger partial charge in [-0.25, -0.2) is 4.98 Å². The van der Waals surface area contributed by atoms with Gasteiger partial charge in [-0.1, -0.05) is 36.4 Å². The third-order valence-corrected chi connectivity index (χ3v) is 4.30. The van der Waals surface area contributed by atoms with Crippen LogP contribution in [-0.4, -0.2) is 20.9 Å². The van der Waals surface area contributed by atoms with Gasteiger partial charge in [-0.2, -0.15) is 0 Å². The van der Waals surface area contributed by atoms with Gasteiger partial charge >= 0.3 is 0 Å². The summed E-state index contributed by atoms with van der Waals surface area (Å²) in [6, 6.07) is 15.8. The molecule has 3 heterocycles. The van der Waals surface area contributed by atoms with Crippen molar-refractivity contribution in [3.63, 3.8) is 0 Å². The molecule has 4 aromatic rings. The number of benzene rings is 1. The third kappa shape index (κ3) is 3.47. The molecule has 0 saturated carbocycles. The maximum absolute atomic E-state index is 12.3. The highest BCUT2D eigenvalue weighted by Gasteiger charge is 2.11. The van der Waals surface area contributed by atoms with E-state index in [1.54, 1.807) is 6.20 Å². The maximum atomic E-state index is 12.3. The van der Waals surface area contributed by atoms with E-state index >= 15 is 0 Å². The molecule has 1 amide bonds. The number of H-pyrrole nitrogens is 1. The number of aromatic nitrogens is 3. The van der Waals surface area contributed by atoms with Gasteiger partial charge in [0.15, 0.2) is 0 Å². The number of nitrogens with one attached hydrogen (secondary N) is 2. The molecule has 0 atom stereocenters. The average molecular weight is 342 g/mol. The SMILES string of the molecule is O=C(Cc1c[nH]c2ncc(-c3cccnc3)cc12)NCc1ccccc1. The summed E-state index contributed by atoms with van der Waals surface area (Å²) in [5.41, 5.74) is 4.78. The lowest BCUT2D eigenvalue weighted by Gasteiger charge is -2.05. The highest BCUT2D eigenvalue weighted by Crippen LogP contribution is 2.24. The molecule has 4 rings (SSSR count). The van der Waals surface area contributed by atoms with Crippen molar-refractivity contribution in [2.75, 3.05) is 0 Å². The Kier molecular flexibility index (Phi) is 4.43. The van der Waals surface area contributed by atoms with E-state index in [-0.39, 0.29) is 5.91 Å². The zero-order valence-corrected chi connectivity index (χ0v) is 14.1. The molecule has 0 unspecified atom stereocenters. The normalized spacial score (nSPS) is 10.8. The summed E-state index contributed by atoms with van der Waals surface area (Å²) in [6.45, 7) is 0.529. The number of hydrogen-bond donors (Lipinski definition) is 2. The highest BCUT2D eigenvalue weighted by molar-refractivity contribution is 5.89. The van der Waals surface area contributed by atoms with Crippen molar-refractivity contribution in [2.45, 2.75) is 13.0 Å². The molecule has 0 aliphatic rings. The number of hydrogen-bond acceptors (Lipinski definition) is 3. The Bertz CT molecular complexity index is 1030. The zero-order chi connectivity index (χ0) is 17.8. The van der Waals surface area contributed by atoms with E-state index in [1.165, 1.54) is 0 Å². The Morgan fingerprint density at radius 2 is 1.92 bits per heavy atom. The number of amides is 1. The molecular formula is C21H18N4O. The summed E-state index contributed by atoms with van der Waals surface area (Å²) in [5.74, 6) is -0.0125. The van der Waals surface area contributed by atoms with E-state index < -0.39 is 0 Å². The first-order valence-corrected chi connectivity index (χ1v) is 8.46. The first-order valence-electron chi connectivity index (χ1n) is 8.46. The number of rotatable bonds is 5. The molecule has 0 aliphatic carbocycles. The average Bonchev–Trinajstić information content (AvgIpc) is 3.10. The number of fused-ring (bicyclic) bond motifs is 1. The van der Waals surface area contributed by atoms with E-state index in [0.29, 0.717) is 13.0 Å². The number of aromatic amines is 1. The summed E-state index contributed by atoms with van der Waals surface area (Å²) in [4.78, 5) is 24.1. The van der Waals surface area contributed by atoms with E-state index in [9.17, 15) is 4.79 Å². The molecule has 0 radical (unpaired) electrons. The van der Waals surface area contributed by atoms with Crippen molar-refractivity contribution >= 4 is 16.9 Å². The van der Waals surface area contributed by atoms with Crippen molar-refractivity contribution in [2.24, 2.45) is 0 Å². The minimum Gasteiger partial charge on any atom is -0.352 e. The quantitative estimate of drug-likeness (QED) is 0.583. The van der Waals surface area contributed by atoms with Crippen LogP contribution in [0.1, 0.15) is 11.1 Å². The van der Waals surface area contributed by atoms with Gasteiger partial charge in [-0.15, -0.1) is 0 Å². The maximum Gasteiger partial charge on any atom is 0.224 e. The summed E-state index contributed by atoms with van der Waals surface area (Å²) in [6.07, 6.45) is 7.53. The topological polar surface area (TPSA) is 70.7 Å². The van der Waals surface area contributed by atoms with Gasteiger partial charge < -0.3 is 10.3 Å². The number of carbonyl (C=O) groups is 1. The lowest BCUT2D eigenvalue weighted by molar-refractivity contribution is -0.120. The van der Waals surface area contributed by atoms with Crippen LogP contribution in [-0.2, 0) is 17.8 Å². The van der Waals surface area contributed by atoms with Gasteiger partial charge in [0, 0.05) is 47.8 Å². The Labute approximate surface area is 151 Å². The fourth-order valence-corrected chi connectivity index (χ4v) is 2.93.